The van der Waals surface area contributed by atoms with Crippen molar-refractivity contribution >= 4 is 22.6 Å². The predicted octanol–water partition coefficient (Wildman–Crippen LogP) is 2.36. The van der Waals surface area contributed by atoms with E-state index < -0.39 is 0 Å². The summed E-state index contributed by atoms with van der Waals surface area (Å²) in [5.41, 5.74) is 0.320. The van der Waals surface area contributed by atoms with E-state index in [1.807, 2.05) is 0 Å². The summed E-state index contributed by atoms with van der Waals surface area (Å²) in [6, 6.07) is 1.27. The van der Waals surface area contributed by atoms with Gasteiger partial charge in [0.05, 0.1) is 0 Å². The fourth-order valence-corrected chi connectivity index (χ4v) is 3.10. The highest BCUT2D eigenvalue weighted by atomic mass is 127. The molecule has 1 aliphatic heterocycles. The fourth-order valence-electron chi connectivity index (χ4n) is 1.84. The lowest BCUT2D eigenvalue weighted by Gasteiger charge is -2.25. The van der Waals surface area contributed by atoms with E-state index in [2.05, 4.69) is 54.4 Å². The molecule has 1 aliphatic rings. The molecule has 64 valence electrons. The Kier molecular flexibility index (Phi) is 2.97. The van der Waals surface area contributed by atoms with Crippen LogP contribution in [0.5, 0.6) is 0 Å². The van der Waals surface area contributed by atoms with Crippen LogP contribution in [0.2, 0.25) is 0 Å². The summed E-state index contributed by atoms with van der Waals surface area (Å²) in [5.74, 6) is 0. The third kappa shape index (κ3) is 1.78. The zero-order valence-corrected chi connectivity index (χ0v) is 9.39. The summed E-state index contributed by atoms with van der Waals surface area (Å²) in [4.78, 5) is 0. The molecule has 2 unspecified atom stereocenters. The number of halogens is 1. The van der Waals surface area contributed by atoms with Crippen LogP contribution in [0, 0.1) is 5.41 Å². The van der Waals surface area contributed by atoms with Crippen LogP contribution in [-0.2, 0) is 0 Å². The van der Waals surface area contributed by atoms with Crippen molar-refractivity contribution in [3.63, 3.8) is 0 Å². The van der Waals surface area contributed by atoms with Gasteiger partial charge in [-0.2, -0.15) is 0 Å². The second-order valence-corrected chi connectivity index (χ2v) is 4.57. The number of hydrogen-bond donors (Lipinski definition) is 1. The third-order valence-corrected chi connectivity index (χ3v) is 3.53. The van der Waals surface area contributed by atoms with E-state index in [4.69, 9.17) is 0 Å². The molecule has 1 nitrogen and oxygen atoms in total. The molecule has 1 rings (SSSR count). The van der Waals surface area contributed by atoms with Gasteiger partial charge in [0.2, 0.25) is 0 Å². The maximum atomic E-state index is 3.90. The molecule has 1 saturated heterocycles. The van der Waals surface area contributed by atoms with Crippen LogP contribution >= 0.6 is 22.6 Å². The minimum Gasteiger partial charge on any atom is -0.310 e. The molecule has 3 atom stereocenters. The lowest BCUT2D eigenvalue weighted by Crippen LogP contribution is -2.35. The first-order valence-electron chi connectivity index (χ1n) is 4.08. The Hall–Kier alpha value is 0.430. The van der Waals surface area contributed by atoms with Gasteiger partial charge in [-0.3, -0.25) is 0 Å². The molecular formula is C9H16IN. The highest BCUT2D eigenvalue weighted by molar-refractivity contribution is 14.1. The Morgan fingerprint density at radius 2 is 2.45 bits per heavy atom. The molecule has 0 bridgehead atoms. The highest BCUT2D eigenvalue weighted by Crippen LogP contribution is 2.35. The van der Waals surface area contributed by atoms with E-state index >= 15 is 0 Å². The van der Waals surface area contributed by atoms with E-state index in [9.17, 15) is 0 Å². The van der Waals surface area contributed by atoms with E-state index in [-0.39, 0.29) is 0 Å². The monoisotopic (exact) mass is 265 g/mol. The van der Waals surface area contributed by atoms with Crippen molar-refractivity contribution in [1.29, 1.82) is 0 Å². The average Bonchev–Trinajstić information content (AvgIpc) is 2.27. The van der Waals surface area contributed by atoms with Crippen molar-refractivity contribution in [1.82, 2.24) is 5.32 Å². The molecule has 1 N–H and O–H groups in total. The Morgan fingerprint density at radius 1 is 1.82 bits per heavy atom. The maximum Gasteiger partial charge on any atom is 0.0248 e. The Balaban J connectivity index is 2.71. The van der Waals surface area contributed by atoms with Gasteiger partial charge in [0.25, 0.3) is 0 Å². The van der Waals surface area contributed by atoms with Gasteiger partial charge in [-0.1, -0.05) is 35.6 Å². The second-order valence-electron chi connectivity index (χ2n) is 3.69. The Bertz CT molecular complexity index is 158. The van der Waals surface area contributed by atoms with Gasteiger partial charge in [0.1, 0.15) is 0 Å². The Morgan fingerprint density at radius 3 is 2.82 bits per heavy atom. The van der Waals surface area contributed by atoms with Crippen molar-refractivity contribution in [3.8, 4) is 0 Å². The zero-order valence-electron chi connectivity index (χ0n) is 7.23. The van der Waals surface area contributed by atoms with Crippen LogP contribution in [0.4, 0.5) is 0 Å². The normalized spacial score (nSPS) is 44.3. The molecule has 1 heterocycles. The second kappa shape index (κ2) is 3.44. The topological polar surface area (TPSA) is 12.0 Å². The van der Waals surface area contributed by atoms with Crippen LogP contribution in [0.3, 0.4) is 0 Å². The van der Waals surface area contributed by atoms with Gasteiger partial charge in [-0.05, 0) is 13.3 Å². The first-order chi connectivity index (χ1) is 5.12. The van der Waals surface area contributed by atoms with Gasteiger partial charge in [-0.25, -0.2) is 0 Å². The average molecular weight is 265 g/mol. The first kappa shape index (κ1) is 9.52. The van der Waals surface area contributed by atoms with Gasteiger partial charge in [0, 0.05) is 21.9 Å². The van der Waals surface area contributed by atoms with E-state index in [0.717, 1.165) is 0 Å². The number of alkyl halides is 1. The van der Waals surface area contributed by atoms with E-state index in [1.54, 1.807) is 0 Å². The molecule has 0 spiro atoms. The first-order valence-corrected chi connectivity index (χ1v) is 5.60. The molecule has 1 fully saturated rings. The minimum absolute atomic E-state index is 0.320. The lowest BCUT2D eigenvalue weighted by atomic mass is 9.83. The van der Waals surface area contributed by atoms with Gasteiger partial charge in [0.15, 0.2) is 0 Å². The molecule has 0 aromatic carbocycles. The van der Waals surface area contributed by atoms with Crippen molar-refractivity contribution in [2.45, 2.75) is 32.4 Å². The van der Waals surface area contributed by atoms with Gasteiger partial charge in [-0.15, -0.1) is 6.58 Å². The summed E-state index contributed by atoms with van der Waals surface area (Å²) >= 11 is 2.44. The highest BCUT2D eigenvalue weighted by Gasteiger charge is 2.38. The smallest absolute Gasteiger partial charge is 0.0248 e. The summed E-state index contributed by atoms with van der Waals surface area (Å²) in [5, 5.41) is 3.57. The molecule has 0 aliphatic carbocycles. The van der Waals surface area contributed by atoms with Crippen molar-refractivity contribution < 1.29 is 0 Å². The maximum absolute atomic E-state index is 3.90. The summed E-state index contributed by atoms with van der Waals surface area (Å²) in [6.07, 6.45) is 3.33. The SMILES string of the molecule is C=C[C@]1(C)CC(C)NC1CI. The predicted molar refractivity (Wildman–Crippen MR) is 58.2 cm³/mol. The van der Waals surface area contributed by atoms with Gasteiger partial charge >= 0.3 is 0 Å². The summed E-state index contributed by atoms with van der Waals surface area (Å²) < 4.78 is 1.17. The summed E-state index contributed by atoms with van der Waals surface area (Å²) in [7, 11) is 0. The standard InChI is InChI=1S/C9H16IN/c1-4-9(3)5-7(2)11-8(9)6-10/h4,7-8,11H,1,5-6H2,2-3H3/t7?,8?,9-/m1/s1. The molecule has 0 aromatic rings. The van der Waals surface area contributed by atoms with Crippen molar-refractivity contribution in [3.05, 3.63) is 12.7 Å². The van der Waals surface area contributed by atoms with Crippen LogP contribution in [0.25, 0.3) is 0 Å². The van der Waals surface area contributed by atoms with Crippen LogP contribution in [0.1, 0.15) is 20.3 Å². The third-order valence-electron chi connectivity index (χ3n) is 2.65. The molecule has 0 radical (unpaired) electrons. The van der Waals surface area contributed by atoms with Gasteiger partial charge < -0.3 is 5.32 Å². The molecule has 2 heteroatoms. The fraction of sp³-hybridized carbons (Fsp3) is 0.778. The molecule has 0 saturated carbocycles. The Labute approximate surface area is 82.8 Å². The van der Waals surface area contributed by atoms with Crippen molar-refractivity contribution in [2.75, 3.05) is 4.43 Å². The van der Waals surface area contributed by atoms with Crippen molar-refractivity contribution in [2.24, 2.45) is 5.41 Å². The summed E-state index contributed by atoms with van der Waals surface area (Å²) in [6.45, 7) is 8.44. The number of rotatable bonds is 2. The molecule has 0 amide bonds. The number of nitrogens with one attached hydrogen (secondary N) is 1. The largest absolute Gasteiger partial charge is 0.310 e. The molecule has 11 heavy (non-hydrogen) atoms. The number of hydrogen-bond acceptors (Lipinski definition) is 1. The quantitative estimate of drug-likeness (QED) is 0.459. The van der Waals surface area contributed by atoms with E-state index in [0.29, 0.717) is 17.5 Å². The molecule has 0 aromatic heterocycles. The molecular weight excluding hydrogens is 249 g/mol. The van der Waals surface area contributed by atoms with E-state index in [1.165, 1.54) is 10.8 Å². The lowest BCUT2D eigenvalue weighted by molar-refractivity contribution is 0.395. The van der Waals surface area contributed by atoms with Crippen LogP contribution < -0.4 is 5.32 Å². The van der Waals surface area contributed by atoms with Crippen LogP contribution in [0.15, 0.2) is 12.7 Å². The minimum atomic E-state index is 0.320. The zero-order chi connectivity index (χ0) is 8.48. The van der Waals surface area contributed by atoms with Crippen LogP contribution in [-0.4, -0.2) is 16.5 Å².